The lowest BCUT2D eigenvalue weighted by molar-refractivity contribution is 0.372. The van der Waals surface area contributed by atoms with Crippen molar-refractivity contribution in [1.82, 2.24) is 0 Å². The summed E-state index contributed by atoms with van der Waals surface area (Å²) in [4.78, 5) is 0. The predicted octanol–water partition coefficient (Wildman–Crippen LogP) is 5.29. The van der Waals surface area contributed by atoms with Crippen molar-refractivity contribution in [2.75, 3.05) is 0 Å². The first kappa shape index (κ1) is 12.9. The second-order valence-corrected chi connectivity index (χ2v) is 5.82. The van der Waals surface area contributed by atoms with Crippen LogP contribution >= 0.6 is 0 Å². The molecule has 0 nitrogen and oxygen atoms in total. The summed E-state index contributed by atoms with van der Waals surface area (Å²) in [7, 11) is 0. The lowest BCUT2D eigenvalue weighted by Gasteiger charge is -2.30. The van der Waals surface area contributed by atoms with E-state index in [2.05, 4.69) is 82.3 Å². The van der Waals surface area contributed by atoms with E-state index in [9.17, 15) is 0 Å². The van der Waals surface area contributed by atoms with E-state index in [1.54, 1.807) is 0 Å². The van der Waals surface area contributed by atoms with Crippen molar-refractivity contribution in [1.29, 1.82) is 0 Å². The predicted molar refractivity (Wildman–Crippen MR) is 79.7 cm³/mol. The molecule has 0 N–H and O–H groups in total. The molecule has 0 bridgehead atoms. The highest BCUT2D eigenvalue weighted by atomic mass is 14.3. The monoisotopic (exact) mass is 238 g/mol. The van der Waals surface area contributed by atoms with Gasteiger partial charge in [0.1, 0.15) is 0 Å². The van der Waals surface area contributed by atoms with Crippen LogP contribution in [0.5, 0.6) is 0 Å². The highest BCUT2D eigenvalue weighted by Gasteiger charge is 2.24. The van der Waals surface area contributed by atoms with E-state index in [0.717, 1.165) is 0 Å². The molecule has 0 amide bonds. The third kappa shape index (κ3) is 2.48. The topological polar surface area (TPSA) is 0 Å². The van der Waals surface area contributed by atoms with Gasteiger partial charge in [0.25, 0.3) is 0 Å². The van der Waals surface area contributed by atoms with Crippen LogP contribution in [0.3, 0.4) is 0 Å². The SMILES string of the molecule is CC(C)C(C)(C)c1ccc(-c2ccccc2)cc1. The van der Waals surface area contributed by atoms with E-state index in [-0.39, 0.29) is 5.41 Å². The smallest absolute Gasteiger partial charge is 0.00806 e. The van der Waals surface area contributed by atoms with Crippen molar-refractivity contribution in [3.8, 4) is 11.1 Å². The fraction of sp³-hybridized carbons (Fsp3) is 0.333. The molecule has 18 heavy (non-hydrogen) atoms. The largest absolute Gasteiger partial charge is 0.0622 e. The summed E-state index contributed by atoms with van der Waals surface area (Å²) in [6, 6.07) is 19.5. The van der Waals surface area contributed by atoms with Gasteiger partial charge in [-0.25, -0.2) is 0 Å². The number of benzene rings is 2. The molecular weight excluding hydrogens is 216 g/mol. The lowest BCUT2D eigenvalue weighted by atomic mass is 9.75. The van der Waals surface area contributed by atoms with Crippen molar-refractivity contribution in [3.63, 3.8) is 0 Å². The average molecular weight is 238 g/mol. The Bertz CT molecular complexity index is 489. The Kier molecular flexibility index (Phi) is 3.56. The van der Waals surface area contributed by atoms with Crippen LogP contribution < -0.4 is 0 Å². The van der Waals surface area contributed by atoms with Crippen LogP contribution in [0, 0.1) is 5.92 Å². The molecule has 0 heterocycles. The number of rotatable bonds is 3. The first-order valence-electron chi connectivity index (χ1n) is 6.68. The molecular formula is C18H22. The second-order valence-electron chi connectivity index (χ2n) is 5.82. The van der Waals surface area contributed by atoms with Gasteiger partial charge >= 0.3 is 0 Å². The maximum absolute atomic E-state index is 2.31. The highest BCUT2D eigenvalue weighted by Crippen LogP contribution is 2.32. The first-order chi connectivity index (χ1) is 8.51. The van der Waals surface area contributed by atoms with E-state index in [4.69, 9.17) is 0 Å². The zero-order chi connectivity index (χ0) is 13.2. The molecule has 0 atom stereocenters. The normalized spacial score (nSPS) is 11.8. The minimum atomic E-state index is 0.231. The van der Waals surface area contributed by atoms with E-state index in [1.165, 1.54) is 16.7 Å². The Morgan fingerprint density at radius 2 is 1.22 bits per heavy atom. The first-order valence-corrected chi connectivity index (χ1v) is 6.68. The molecule has 0 saturated carbocycles. The molecule has 0 aliphatic rings. The van der Waals surface area contributed by atoms with Gasteiger partial charge in [-0.3, -0.25) is 0 Å². The summed E-state index contributed by atoms with van der Waals surface area (Å²) >= 11 is 0. The second kappa shape index (κ2) is 4.97. The molecule has 0 heteroatoms. The summed E-state index contributed by atoms with van der Waals surface area (Å²) in [5, 5.41) is 0. The van der Waals surface area contributed by atoms with Crippen LogP contribution in [0.4, 0.5) is 0 Å². The minimum absolute atomic E-state index is 0.231. The van der Waals surface area contributed by atoms with Gasteiger partial charge < -0.3 is 0 Å². The maximum Gasteiger partial charge on any atom is -0.00806 e. The molecule has 0 aromatic heterocycles. The molecule has 2 aromatic carbocycles. The minimum Gasteiger partial charge on any atom is -0.0622 e. The van der Waals surface area contributed by atoms with E-state index in [0.29, 0.717) is 5.92 Å². The van der Waals surface area contributed by atoms with Crippen LogP contribution in [-0.2, 0) is 5.41 Å². The lowest BCUT2D eigenvalue weighted by Crippen LogP contribution is -2.24. The Labute approximate surface area is 111 Å². The molecule has 2 rings (SSSR count). The molecule has 94 valence electrons. The van der Waals surface area contributed by atoms with Crippen LogP contribution in [0.15, 0.2) is 54.6 Å². The van der Waals surface area contributed by atoms with Gasteiger partial charge in [-0.05, 0) is 28.0 Å². The zero-order valence-electron chi connectivity index (χ0n) is 11.8. The van der Waals surface area contributed by atoms with Gasteiger partial charge in [0.05, 0.1) is 0 Å². The van der Waals surface area contributed by atoms with Crippen LogP contribution in [0.2, 0.25) is 0 Å². The Morgan fingerprint density at radius 3 is 1.72 bits per heavy atom. The van der Waals surface area contributed by atoms with Gasteiger partial charge in [0.15, 0.2) is 0 Å². The fourth-order valence-corrected chi connectivity index (χ4v) is 2.06. The van der Waals surface area contributed by atoms with Gasteiger partial charge in [-0.1, -0.05) is 82.3 Å². The third-order valence-corrected chi connectivity index (χ3v) is 4.18. The van der Waals surface area contributed by atoms with Crippen molar-refractivity contribution in [2.24, 2.45) is 5.92 Å². The standard InChI is InChI=1S/C18H22/c1-14(2)18(3,4)17-12-10-16(11-13-17)15-8-6-5-7-9-15/h5-14H,1-4H3. The summed E-state index contributed by atoms with van der Waals surface area (Å²) in [5.74, 6) is 0.639. The molecule has 0 saturated heterocycles. The molecule has 0 radical (unpaired) electrons. The fourth-order valence-electron chi connectivity index (χ4n) is 2.06. The van der Waals surface area contributed by atoms with Crippen molar-refractivity contribution >= 4 is 0 Å². The molecule has 0 fully saturated rings. The summed E-state index contributed by atoms with van der Waals surface area (Å²) < 4.78 is 0. The summed E-state index contributed by atoms with van der Waals surface area (Å²) in [6.45, 7) is 9.20. The molecule has 0 spiro atoms. The van der Waals surface area contributed by atoms with Gasteiger partial charge in [0.2, 0.25) is 0 Å². The van der Waals surface area contributed by atoms with Crippen molar-refractivity contribution < 1.29 is 0 Å². The van der Waals surface area contributed by atoms with E-state index in [1.807, 2.05) is 0 Å². The third-order valence-electron chi connectivity index (χ3n) is 4.18. The van der Waals surface area contributed by atoms with Crippen LogP contribution in [0.25, 0.3) is 11.1 Å². The average Bonchev–Trinajstić information content (AvgIpc) is 2.40. The van der Waals surface area contributed by atoms with Gasteiger partial charge in [-0.15, -0.1) is 0 Å². The van der Waals surface area contributed by atoms with E-state index < -0.39 is 0 Å². The molecule has 0 unspecified atom stereocenters. The van der Waals surface area contributed by atoms with Crippen LogP contribution in [-0.4, -0.2) is 0 Å². The van der Waals surface area contributed by atoms with Crippen molar-refractivity contribution in [2.45, 2.75) is 33.1 Å². The summed E-state index contributed by atoms with van der Waals surface area (Å²) in [5.41, 5.74) is 4.22. The molecule has 2 aromatic rings. The molecule has 0 aliphatic carbocycles. The number of hydrogen-bond donors (Lipinski definition) is 0. The Hall–Kier alpha value is -1.56. The Morgan fingerprint density at radius 1 is 0.722 bits per heavy atom. The summed E-state index contributed by atoms with van der Waals surface area (Å²) in [6.07, 6.45) is 0. The Balaban J connectivity index is 2.32. The number of hydrogen-bond acceptors (Lipinski definition) is 0. The van der Waals surface area contributed by atoms with Crippen LogP contribution in [0.1, 0.15) is 33.3 Å². The molecule has 0 aliphatic heterocycles. The zero-order valence-corrected chi connectivity index (χ0v) is 11.8. The van der Waals surface area contributed by atoms with E-state index >= 15 is 0 Å². The highest BCUT2D eigenvalue weighted by molar-refractivity contribution is 5.63. The van der Waals surface area contributed by atoms with Gasteiger partial charge in [0, 0.05) is 0 Å². The maximum atomic E-state index is 2.31. The van der Waals surface area contributed by atoms with Crippen molar-refractivity contribution in [3.05, 3.63) is 60.2 Å². The van der Waals surface area contributed by atoms with Gasteiger partial charge in [-0.2, -0.15) is 0 Å². The quantitative estimate of drug-likeness (QED) is 0.681.